The highest BCUT2D eigenvalue weighted by Crippen LogP contribution is 2.25. The van der Waals surface area contributed by atoms with Crippen molar-refractivity contribution in [3.05, 3.63) is 58.6 Å². The molecule has 0 unspecified atom stereocenters. The van der Waals surface area contributed by atoms with Crippen LogP contribution in [0.2, 0.25) is 5.02 Å². The molecule has 162 valence electrons. The lowest BCUT2D eigenvalue weighted by atomic mass is 9.97. The number of hydrogen-bond donors (Lipinski definition) is 1. The Morgan fingerprint density at radius 3 is 2.40 bits per heavy atom. The topological polar surface area (TPSA) is 75.7 Å². The molecule has 1 N–H and O–H groups in total. The summed E-state index contributed by atoms with van der Waals surface area (Å²) in [6.07, 6.45) is 0.993. The second-order valence-corrected chi connectivity index (χ2v) is 9.89. The van der Waals surface area contributed by atoms with Gasteiger partial charge < -0.3 is 10.1 Å². The Morgan fingerprint density at radius 2 is 1.77 bits per heavy atom. The van der Waals surface area contributed by atoms with Crippen molar-refractivity contribution in [2.75, 3.05) is 26.2 Å². The molecule has 1 aliphatic rings. The van der Waals surface area contributed by atoms with Crippen LogP contribution in [0.5, 0.6) is 5.75 Å². The maximum atomic E-state index is 12.7. The number of halogens is 1. The van der Waals surface area contributed by atoms with Crippen LogP contribution >= 0.6 is 11.6 Å². The minimum absolute atomic E-state index is 0.0535. The van der Waals surface area contributed by atoms with E-state index in [0.29, 0.717) is 44.1 Å². The Bertz CT molecular complexity index is 985. The lowest BCUT2D eigenvalue weighted by Gasteiger charge is -2.30. The molecule has 1 fully saturated rings. The van der Waals surface area contributed by atoms with Crippen LogP contribution in [0.1, 0.15) is 24.0 Å². The first kappa shape index (κ1) is 22.6. The zero-order valence-corrected chi connectivity index (χ0v) is 18.8. The van der Waals surface area contributed by atoms with Gasteiger partial charge in [-0.05, 0) is 74.2 Å². The van der Waals surface area contributed by atoms with Crippen LogP contribution in [0.15, 0.2) is 47.4 Å². The van der Waals surface area contributed by atoms with Gasteiger partial charge in [-0.3, -0.25) is 4.79 Å². The molecular formula is C22H27ClN2O4S. The fourth-order valence-corrected chi connectivity index (χ4v) is 5.00. The van der Waals surface area contributed by atoms with Crippen molar-refractivity contribution in [1.82, 2.24) is 9.62 Å². The van der Waals surface area contributed by atoms with Crippen LogP contribution in [0, 0.1) is 19.8 Å². The summed E-state index contributed by atoms with van der Waals surface area (Å²) in [6, 6.07) is 12.0. The number of ether oxygens (including phenoxy) is 1. The molecule has 8 heteroatoms. The smallest absolute Gasteiger partial charge is 0.243 e. The summed E-state index contributed by atoms with van der Waals surface area (Å²) in [5.41, 5.74) is 2.37. The van der Waals surface area contributed by atoms with Crippen molar-refractivity contribution in [3.63, 3.8) is 0 Å². The van der Waals surface area contributed by atoms with Gasteiger partial charge >= 0.3 is 0 Å². The Balaban J connectivity index is 1.43. The first-order chi connectivity index (χ1) is 14.3. The molecule has 3 rings (SSSR count). The number of piperidine rings is 1. The summed E-state index contributed by atoms with van der Waals surface area (Å²) in [7, 11) is -3.56. The first-order valence-corrected chi connectivity index (χ1v) is 11.8. The zero-order chi connectivity index (χ0) is 21.7. The molecule has 0 saturated carbocycles. The molecule has 1 heterocycles. The maximum Gasteiger partial charge on any atom is 0.243 e. The van der Waals surface area contributed by atoms with Crippen molar-refractivity contribution in [2.24, 2.45) is 5.92 Å². The van der Waals surface area contributed by atoms with Crippen LogP contribution in [-0.4, -0.2) is 44.9 Å². The largest absolute Gasteiger partial charge is 0.492 e. The summed E-state index contributed by atoms with van der Waals surface area (Å²) < 4.78 is 32.6. The fourth-order valence-electron chi connectivity index (χ4n) is 3.41. The molecule has 2 aromatic carbocycles. The quantitative estimate of drug-likeness (QED) is 0.654. The van der Waals surface area contributed by atoms with Gasteiger partial charge in [-0.25, -0.2) is 8.42 Å². The number of sulfonamides is 1. The average molecular weight is 451 g/mol. The molecule has 0 radical (unpaired) electrons. The zero-order valence-electron chi connectivity index (χ0n) is 17.2. The van der Waals surface area contributed by atoms with Crippen LogP contribution < -0.4 is 10.1 Å². The highest BCUT2D eigenvalue weighted by Gasteiger charge is 2.31. The van der Waals surface area contributed by atoms with E-state index in [4.69, 9.17) is 16.3 Å². The predicted molar refractivity (Wildman–Crippen MR) is 117 cm³/mol. The van der Waals surface area contributed by atoms with Gasteiger partial charge in [0.25, 0.3) is 0 Å². The number of rotatable bonds is 7. The third kappa shape index (κ3) is 5.53. The van der Waals surface area contributed by atoms with Crippen molar-refractivity contribution >= 4 is 27.5 Å². The van der Waals surface area contributed by atoms with Crippen molar-refractivity contribution in [3.8, 4) is 5.75 Å². The molecule has 30 heavy (non-hydrogen) atoms. The Kier molecular flexibility index (Phi) is 7.39. The molecule has 0 bridgehead atoms. The lowest BCUT2D eigenvalue weighted by molar-refractivity contribution is -0.126. The van der Waals surface area contributed by atoms with Gasteiger partial charge in [-0.1, -0.05) is 17.7 Å². The number of benzene rings is 2. The molecule has 2 aromatic rings. The second kappa shape index (κ2) is 9.81. The van der Waals surface area contributed by atoms with Crippen molar-refractivity contribution in [2.45, 2.75) is 31.6 Å². The van der Waals surface area contributed by atoms with E-state index >= 15 is 0 Å². The van der Waals surface area contributed by atoms with Gasteiger partial charge in [-0.15, -0.1) is 0 Å². The molecule has 1 amide bonds. The van der Waals surface area contributed by atoms with E-state index in [9.17, 15) is 13.2 Å². The molecular weight excluding hydrogens is 424 g/mol. The Labute approximate surface area is 183 Å². The predicted octanol–water partition coefficient (Wildman–Crippen LogP) is 3.55. The summed E-state index contributed by atoms with van der Waals surface area (Å²) in [5, 5.41) is 3.39. The molecule has 1 saturated heterocycles. The van der Waals surface area contributed by atoms with Gasteiger partial charge in [0.15, 0.2) is 0 Å². The number of nitrogens with one attached hydrogen (secondary N) is 1. The van der Waals surface area contributed by atoms with Crippen LogP contribution in [0.25, 0.3) is 0 Å². The van der Waals surface area contributed by atoms with E-state index in [2.05, 4.69) is 5.32 Å². The number of hydrogen-bond acceptors (Lipinski definition) is 4. The first-order valence-electron chi connectivity index (χ1n) is 10.0. The normalized spacial score (nSPS) is 15.7. The van der Waals surface area contributed by atoms with E-state index in [1.807, 2.05) is 32.0 Å². The minimum Gasteiger partial charge on any atom is -0.492 e. The third-order valence-corrected chi connectivity index (χ3v) is 7.59. The number of amides is 1. The monoisotopic (exact) mass is 450 g/mol. The third-order valence-electron chi connectivity index (χ3n) is 5.42. The number of nitrogens with zero attached hydrogens (tertiary/aromatic N) is 1. The molecule has 0 atom stereocenters. The summed E-state index contributed by atoms with van der Waals surface area (Å²) in [6.45, 7) is 5.52. The number of aryl methyl sites for hydroxylation is 2. The number of carbonyl (C=O) groups excluding carboxylic acids is 1. The maximum absolute atomic E-state index is 12.7. The van der Waals surface area contributed by atoms with E-state index in [0.717, 1.165) is 11.3 Å². The standard InChI is InChI=1S/C22H27ClN2O4S/c1-16-3-6-20(15-17(16)2)29-14-11-24-22(26)18-9-12-25(13-10-18)30(27,28)21-7-4-19(23)5-8-21/h3-8,15,18H,9-14H2,1-2H3,(H,24,26). The molecule has 6 nitrogen and oxygen atoms in total. The van der Waals surface area contributed by atoms with E-state index in [1.165, 1.54) is 22.0 Å². The van der Waals surface area contributed by atoms with E-state index < -0.39 is 10.0 Å². The molecule has 0 spiro atoms. The van der Waals surface area contributed by atoms with Gasteiger partial charge in [0.2, 0.25) is 15.9 Å². The lowest BCUT2D eigenvalue weighted by Crippen LogP contribution is -2.43. The summed E-state index contributed by atoms with van der Waals surface area (Å²) in [5.74, 6) is 0.540. The van der Waals surface area contributed by atoms with Gasteiger partial charge in [0.1, 0.15) is 12.4 Å². The van der Waals surface area contributed by atoms with Crippen molar-refractivity contribution < 1.29 is 17.9 Å². The molecule has 0 aromatic heterocycles. The second-order valence-electron chi connectivity index (χ2n) is 7.52. The van der Waals surface area contributed by atoms with Crippen LogP contribution in [-0.2, 0) is 14.8 Å². The van der Waals surface area contributed by atoms with Gasteiger partial charge in [0.05, 0.1) is 11.4 Å². The summed E-state index contributed by atoms with van der Waals surface area (Å²) in [4.78, 5) is 12.6. The van der Waals surface area contributed by atoms with Gasteiger partial charge in [0, 0.05) is 24.0 Å². The average Bonchev–Trinajstić information content (AvgIpc) is 2.74. The number of carbonyl (C=O) groups is 1. The summed E-state index contributed by atoms with van der Waals surface area (Å²) >= 11 is 5.84. The van der Waals surface area contributed by atoms with E-state index in [1.54, 1.807) is 12.1 Å². The SMILES string of the molecule is Cc1ccc(OCCNC(=O)C2CCN(S(=O)(=O)c3ccc(Cl)cc3)CC2)cc1C. The van der Waals surface area contributed by atoms with E-state index in [-0.39, 0.29) is 16.7 Å². The van der Waals surface area contributed by atoms with Crippen LogP contribution in [0.3, 0.4) is 0 Å². The fraction of sp³-hybridized carbons (Fsp3) is 0.409. The molecule has 0 aliphatic carbocycles. The van der Waals surface area contributed by atoms with Crippen LogP contribution in [0.4, 0.5) is 0 Å². The van der Waals surface area contributed by atoms with Gasteiger partial charge in [-0.2, -0.15) is 4.31 Å². The molecule has 1 aliphatic heterocycles. The van der Waals surface area contributed by atoms with Crippen molar-refractivity contribution in [1.29, 1.82) is 0 Å². The highest BCUT2D eigenvalue weighted by atomic mass is 35.5. The highest BCUT2D eigenvalue weighted by molar-refractivity contribution is 7.89. The Hall–Kier alpha value is -2.09. The Morgan fingerprint density at radius 1 is 1.10 bits per heavy atom. The minimum atomic E-state index is -3.56.